The minimum Gasteiger partial charge on any atom is -0.748 e. The van der Waals surface area contributed by atoms with Crippen LogP contribution in [0, 0.1) is 0 Å². The van der Waals surface area contributed by atoms with Gasteiger partial charge in [-0.15, -0.1) is 0 Å². The van der Waals surface area contributed by atoms with E-state index in [1.54, 1.807) is 0 Å². The molecule has 0 aliphatic heterocycles. The Labute approximate surface area is 151 Å². The number of rotatable bonds is 19. The third-order valence-electron chi connectivity index (χ3n) is 4.75. The van der Waals surface area contributed by atoms with Gasteiger partial charge in [0.15, 0.2) is 0 Å². The fourth-order valence-electron chi connectivity index (χ4n) is 3.18. The Morgan fingerprint density at radius 2 is 0.750 bits per heavy atom. The molecule has 146 valence electrons. The zero-order valence-electron chi connectivity index (χ0n) is 16.1. The van der Waals surface area contributed by atoms with Crippen LogP contribution < -0.4 is 0 Å². The van der Waals surface area contributed by atoms with E-state index in [4.69, 9.17) is 0 Å². The van der Waals surface area contributed by atoms with E-state index in [1.165, 1.54) is 96.3 Å². The van der Waals surface area contributed by atoms with Crippen molar-refractivity contribution >= 4 is 10.1 Å². The summed E-state index contributed by atoms with van der Waals surface area (Å²) in [4.78, 5) is 0. The third kappa shape index (κ3) is 21.9. The van der Waals surface area contributed by atoms with Gasteiger partial charge in [-0.2, -0.15) is 0 Å². The highest BCUT2D eigenvalue weighted by molar-refractivity contribution is 7.85. The molecule has 0 N–H and O–H groups in total. The molecule has 0 aromatic carbocycles. The van der Waals surface area contributed by atoms with Gasteiger partial charge in [-0.1, -0.05) is 116 Å². The molecule has 0 heterocycles. The van der Waals surface area contributed by atoms with Crippen LogP contribution in [0.15, 0.2) is 0 Å². The second-order valence-electron chi connectivity index (χ2n) is 7.27. The van der Waals surface area contributed by atoms with E-state index in [1.807, 2.05) is 0 Å². The van der Waals surface area contributed by atoms with Crippen molar-refractivity contribution < 1.29 is 13.0 Å². The van der Waals surface area contributed by atoms with Crippen molar-refractivity contribution in [2.45, 2.75) is 122 Å². The lowest BCUT2D eigenvalue weighted by molar-refractivity contribution is 0.459. The molecule has 0 aromatic rings. The normalized spacial score (nSPS) is 11.9. The molecular weight excluding hydrogens is 320 g/mol. The van der Waals surface area contributed by atoms with Crippen LogP contribution in [0.3, 0.4) is 0 Å². The molecule has 0 aromatic heterocycles. The smallest absolute Gasteiger partial charge is 0.0945 e. The van der Waals surface area contributed by atoms with Crippen molar-refractivity contribution in [2.24, 2.45) is 0 Å². The molecule has 0 radical (unpaired) electrons. The predicted molar refractivity (Wildman–Crippen MR) is 103 cm³/mol. The fourth-order valence-corrected chi connectivity index (χ4v) is 3.74. The SMILES string of the molecule is CCCCCCCCCCCCCCCCCCCCS(=O)(=O)[O-]. The zero-order valence-corrected chi connectivity index (χ0v) is 16.9. The number of unbranched alkanes of at least 4 members (excludes halogenated alkanes) is 17. The second kappa shape index (κ2) is 17.7. The van der Waals surface area contributed by atoms with Gasteiger partial charge < -0.3 is 4.55 Å². The van der Waals surface area contributed by atoms with E-state index < -0.39 is 10.1 Å². The third-order valence-corrected chi connectivity index (χ3v) is 5.54. The first-order valence-electron chi connectivity index (χ1n) is 10.5. The topological polar surface area (TPSA) is 57.2 Å². The Balaban J connectivity index is 3.03. The molecule has 0 fully saturated rings. The lowest BCUT2D eigenvalue weighted by Gasteiger charge is -2.06. The van der Waals surface area contributed by atoms with Gasteiger partial charge in [0, 0.05) is 5.75 Å². The zero-order chi connectivity index (χ0) is 17.9. The quantitative estimate of drug-likeness (QED) is 0.193. The Morgan fingerprint density at radius 1 is 0.500 bits per heavy atom. The molecule has 0 amide bonds. The molecule has 4 heteroatoms. The standard InChI is InChI=1S/C20H42O3S/c1-2-3-4-5-6-7-8-9-10-11-12-13-14-15-16-17-18-19-20-24(21,22)23/h2-20H2,1H3,(H,21,22,23)/p-1. The summed E-state index contributed by atoms with van der Waals surface area (Å²) >= 11 is 0. The summed E-state index contributed by atoms with van der Waals surface area (Å²) in [6.07, 6.45) is 23.0. The van der Waals surface area contributed by atoms with Gasteiger partial charge in [-0.25, -0.2) is 8.42 Å². The summed E-state index contributed by atoms with van der Waals surface area (Å²) < 4.78 is 31.3. The molecule has 24 heavy (non-hydrogen) atoms. The molecule has 0 unspecified atom stereocenters. The number of hydrogen-bond donors (Lipinski definition) is 0. The average molecular weight is 362 g/mol. The van der Waals surface area contributed by atoms with Crippen LogP contribution in [0.5, 0.6) is 0 Å². The van der Waals surface area contributed by atoms with Gasteiger partial charge in [-0.05, 0) is 6.42 Å². The Bertz CT molecular complexity index is 339. The first kappa shape index (κ1) is 23.9. The number of hydrogen-bond acceptors (Lipinski definition) is 3. The van der Waals surface area contributed by atoms with Crippen LogP contribution in [0.2, 0.25) is 0 Å². The van der Waals surface area contributed by atoms with E-state index in [-0.39, 0.29) is 5.75 Å². The summed E-state index contributed by atoms with van der Waals surface area (Å²) in [5.74, 6) is -0.189. The molecule has 0 aliphatic rings. The van der Waals surface area contributed by atoms with Crippen LogP contribution in [0.4, 0.5) is 0 Å². The van der Waals surface area contributed by atoms with Gasteiger partial charge in [-0.3, -0.25) is 0 Å². The molecule has 0 rings (SSSR count). The first-order chi connectivity index (χ1) is 11.6. The fraction of sp³-hybridized carbons (Fsp3) is 1.00. The summed E-state index contributed by atoms with van der Waals surface area (Å²) in [6, 6.07) is 0. The maximum absolute atomic E-state index is 10.4. The van der Waals surface area contributed by atoms with Crippen LogP contribution in [-0.4, -0.2) is 18.7 Å². The molecule has 0 spiro atoms. The van der Waals surface area contributed by atoms with E-state index in [9.17, 15) is 13.0 Å². The van der Waals surface area contributed by atoms with E-state index in [0.717, 1.165) is 12.8 Å². The predicted octanol–water partition coefficient (Wildman–Crippen LogP) is 6.57. The largest absolute Gasteiger partial charge is 0.748 e. The van der Waals surface area contributed by atoms with Crippen molar-refractivity contribution in [1.82, 2.24) is 0 Å². The highest BCUT2D eigenvalue weighted by Gasteiger charge is 1.97. The summed E-state index contributed by atoms with van der Waals surface area (Å²) in [5, 5.41) is 0. The summed E-state index contributed by atoms with van der Waals surface area (Å²) in [7, 11) is -4.00. The van der Waals surface area contributed by atoms with Crippen molar-refractivity contribution in [1.29, 1.82) is 0 Å². The van der Waals surface area contributed by atoms with Crippen LogP contribution >= 0.6 is 0 Å². The molecule has 0 aliphatic carbocycles. The van der Waals surface area contributed by atoms with Gasteiger partial charge >= 0.3 is 0 Å². The van der Waals surface area contributed by atoms with Gasteiger partial charge in [0.2, 0.25) is 0 Å². The molecule has 0 saturated carbocycles. The van der Waals surface area contributed by atoms with Crippen LogP contribution in [-0.2, 0) is 10.1 Å². The van der Waals surface area contributed by atoms with E-state index >= 15 is 0 Å². The molecule has 0 saturated heterocycles. The van der Waals surface area contributed by atoms with E-state index in [0.29, 0.717) is 6.42 Å². The van der Waals surface area contributed by atoms with Gasteiger partial charge in [0.05, 0.1) is 10.1 Å². The Kier molecular flexibility index (Phi) is 17.7. The van der Waals surface area contributed by atoms with E-state index in [2.05, 4.69) is 6.92 Å². The minimum atomic E-state index is -4.00. The average Bonchev–Trinajstić information content (AvgIpc) is 2.52. The Hall–Kier alpha value is -0.0900. The van der Waals surface area contributed by atoms with Gasteiger partial charge in [0.25, 0.3) is 0 Å². The maximum Gasteiger partial charge on any atom is 0.0945 e. The molecular formula is C20H41O3S-. The first-order valence-corrected chi connectivity index (χ1v) is 12.1. The second-order valence-corrected chi connectivity index (χ2v) is 8.80. The summed E-state index contributed by atoms with van der Waals surface area (Å²) in [5.41, 5.74) is 0. The van der Waals surface area contributed by atoms with Crippen molar-refractivity contribution in [3.63, 3.8) is 0 Å². The highest BCUT2D eigenvalue weighted by atomic mass is 32.2. The van der Waals surface area contributed by atoms with Crippen molar-refractivity contribution in [3.8, 4) is 0 Å². The Morgan fingerprint density at radius 3 is 1.00 bits per heavy atom. The molecule has 0 atom stereocenters. The minimum absolute atomic E-state index is 0.189. The van der Waals surface area contributed by atoms with Crippen LogP contribution in [0.1, 0.15) is 122 Å². The lowest BCUT2D eigenvalue weighted by Crippen LogP contribution is -2.03. The van der Waals surface area contributed by atoms with Crippen molar-refractivity contribution in [2.75, 3.05) is 5.75 Å². The van der Waals surface area contributed by atoms with Crippen molar-refractivity contribution in [3.05, 3.63) is 0 Å². The highest BCUT2D eigenvalue weighted by Crippen LogP contribution is 2.14. The van der Waals surface area contributed by atoms with Gasteiger partial charge in [0.1, 0.15) is 0 Å². The molecule has 3 nitrogen and oxygen atoms in total. The summed E-state index contributed by atoms with van der Waals surface area (Å²) in [6.45, 7) is 2.27. The monoisotopic (exact) mass is 361 g/mol. The van der Waals surface area contributed by atoms with Crippen LogP contribution in [0.25, 0.3) is 0 Å². The molecule has 0 bridgehead atoms. The maximum atomic E-state index is 10.4. The lowest BCUT2D eigenvalue weighted by atomic mass is 10.0.